The highest BCUT2D eigenvalue weighted by atomic mass is 19.2. The largest absolute Gasteiger partial charge is 0.493 e. The van der Waals surface area contributed by atoms with Crippen LogP contribution in [0.1, 0.15) is 11.7 Å². The molecule has 90 valence electrons. The number of aliphatic hydroxyl groups excluding tert-OH is 1. The van der Waals surface area contributed by atoms with Crippen LogP contribution in [-0.4, -0.2) is 25.9 Å². The third-order valence-corrected chi connectivity index (χ3v) is 2.15. The van der Waals surface area contributed by atoms with Gasteiger partial charge in [0.25, 0.3) is 0 Å². The molecule has 4 nitrogen and oxygen atoms in total. The van der Waals surface area contributed by atoms with Gasteiger partial charge < -0.3 is 20.3 Å². The molecule has 0 aliphatic heterocycles. The molecule has 0 saturated carbocycles. The van der Waals surface area contributed by atoms with E-state index in [9.17, 15) is 13.9 Å². The Labute approximate surface area is 91.6 Å². The van der Waals surface area contributed by atoms with Crippen LogP contribution in [0.5, 0.6) is 11.5 Å². The number of hydrogen-bond donors (Lipinski definition) is 2. The Kier molecular flexibility index (Phi) is 4.03. The molecule has 0 heterocycles. The van der Waals surface area contributed by atoms with Crippen LogP contribution in [0.15, 0.2) is 6.07 Å². The standard InChI is InChI=1S/C10H13F2NO3/c1-15-7-3-5(11)9(12)8(6(14)4-13)10(7)16-2/h3,6,14H,4,13H2,1-2H3. The molecular formula is C10H13F2NO3. The molecule has 0 spiro atoms. The average Bonchev–Trinajstić information content (AvgIpc) is 2.30. The molecule has 0 radical (unpaired) electrons. The van der Waals surface area contributed by atoms with Gasteiger partial charge in [-0.15, -0.1) is 0 Å². The van der Waals surface area contributed by atoms with Gasteiger partial charge >= 0.3 is 0 Å². The number of aliphatic hydroxyl groups is 1. The zero-order valence-corrected chi connectivity index (χ0v) is 8.96. The van der Waals surface area contributed by atoms with Gasteiger partial charge in [-0.05, 0) is 0 Å². The zero-order chi connectivity index (χ0) is 12.3. The number of nitrogens with two attached hydrogens (primary N) is 1. The monoisotopic (exact) mass is 233 g/mol. The van der Waals surface area contributed by atoms with Crippen LogP contribution in [0.4, 0.5) is 8.78 Å². The van der Waals surface area contributed by atoms with Crippen molar-refractivity contribution in [1.82, 2.24) is 0 Å². The first kappa shape index (κ1) is 12.7. The molecule has 1 aromatic rings. The summed E-state index contributed by atoms with van der Waals surface area (Å²) < 4.78 is 36.4. The van der Waals surface area contributed by atoms with E-state index in [0.717, 1.165) is 6.07 Å². The van der Waals surface area contributed by atoms with E-state index in [1.54, 1.807) is 0 Å². The van der Waals surface area contributed by atoms with Crippen LogP contribution < -0.4 is 15.2 Å². The molecule has 0 aromatic heterocycles. The maximum absolute atomic E-state index is 13.5. The second kappa shape index (κ2) is 5.09. The van der Waals surface area contributed by atoms with Gasteiger partial charge in [-0.3, -0.25) is 0 Å². The number of rotatable bonds is 4. The number of benzene rings is 1. The molecule has 0 fully saturated rings. The fourth-order valence-corrected chi connectivity index (χ4v) is 1.38. The summed E-state index contributed by atoms with van der Waals surface area (Å²) in [5, 5.41) is 9.50. The Balaban J connectivity index is 3.46. The predicted molar refractivity (Wildman–Crippen MR) is 53.5 cm³/mol. The summed E-state index contributed by atoms with van der Waals surface area (Å²) in [6.45, 7) is -0.250. The van der Waals surface area contributed by atoms with Crippen LogP contribution in [0, 0.1) is 11.6 Å². The minimum Gasteiger partial charge on any atom is -0.493 e. The first-order valence-corrected chi connectivity index (χ1v) is 4.54. The minimum absolute atomic E-state index is 0.00361. The topological polar surface area (TPSA) is 64.7 Å². The van der Waals surface area contributed by atoms with Gasteiger partial charge in [0, 0.05) is 12.6 Å². The predicted octanol–water partition coefficient (Wildman–Crippen LogP) is 0.974. The van der Waals surface area contributed by atoms with E-state index in [1.807, 2.05) is 0 Å². The van der Waals surface area contributed by atoms with Crippen LogP contribution in [0.25, 0.3) is 0 Å². The smallest absolute Gasteiger partial charge is 0.169 e. The lowest BCUT2D eigenvalue weighted by Crippen LogP contribution is -2.15. The minimum atomic E-state index is -1.35. The normalized spacial score (nSPS) is 12.4. The van der Waals surface area contributed by atoms with Crippen molar-refractivity contribution >= 4 is 0 Å². The third kappa shape index (κ3) is 2.07. The first-order chi connectivity index (χ1) is 7.56. The molecular weight excluding hydrogens is 220 g/mol. The highest BCUT2D eigenvalue weighted by Crippen LogP contribution is 2.37. The van der Waals surface area contributed by atoms with Crippen LogP contribution in [0.3, 0.4) is 0 Å². The van der Waals surface area contributed by atoms with Gasteiger partial charge in [0.2, 0.25) is 0 Å². The van der Waals surface area contributed by atoms with Gasteiger partial charge in [0.1, 0.15) is 0 Å². The first-order valence-electron chi connectivity index (χ1n) is 4.54. The van der Waals surface area contributed by atoms with E-state index in [2.05, 4.69) is 0 Å². The zero-order valence-electron chi connectivity index (χ0n) is 8.96. The van der Waals surface area contributed by atoms with E-state index in [1.165, 1.54) is 14.2 Å². The van der Waals surface area contributed by atoms with Gasteiger partial charge in [0.05, 0.1) is 25.9 Å². The fourth-order valence-electron chi connectivity index (χ4n) is 1.38. The average molecular weight is 233 g/mol. The van der Waals surface area contributed by atoms with E-state index in [4.69, 9.17) is 15.2 Å². The molecule has 1 atom stereocenters. The lowest BCUT2D eigenvalue weighted by atomic mass is 10.1. The summed E-state index contributed by atoms with van der Waals surface area (Å²) in [6.07, 6.45) is -1.35. The van der Waals surface area contributed by atoms with Gasteiger partial charge in [-0.2, -0.15) is 0 Å². The second-order valence-corrected chi connectivity index (χ2v) is 3.07. The van der Waals surface area contributed by atoms with E-state index >= 15 is 0 Å². The molecule has 1 unspecified atom stereocenters. The summed E-state index contributed by atoms with van der Waals surface area (Å²) >= 11 is 0. The molecule has 16 heavy (non-hydrogen) atoms. The Morgan fingerprint density at radius 3 is 2.44 bits per heavy atom. The highest BCUT2D eigenvalue weighted by Gasteiger charge is 2.24. The van der Waals surface area contributed by atoms with Crippen molar-refractivity contribution in [1.29, 1.82) is 0 Å². The molecule has 1 rings (SSSR count). The summed E-state index contributed by atoms with van der Waals surface area (Å²) in [7, 11) is 2.55. The lowest BCUT2D eigenvalue weighted by molar-refractivity contribution is 0.174. The maximum Gasteiger partial charge on any atom is 0.169 e. The number of ether oxygens (including phenoxy) is 2. The highest BCUT2D eigenvalue weighted by molar-refractivity contribution is 5.49. The molecule has 0 aliphatic carbocycles. The summed E-state index contributed by atoms with van der Waals surface area (Å²) in [6, 6.07) is 0.848. The quantitative estimate of drug-likeness (QED) is 0.813. The molecule has 0 aliphatic rings. The van der Waals surface area contributed by atoms with Crippen molar-refractivity contribution in [3.05, 3.63) is 23.3 Å². The Morgan fingerprint density at radius 1 is 1.38 bits per heavy atom. The number of hydrogen-bond acceptors (Lipinski definition) is 4. The van der Waals surface area contributed by atoms with Crippen molar-refractivity contribution in [2.45, 2.75) is 6.10 Å². The second-order valence-electron chi connectivity index (χ2n) is 3.07. The third-order valence-electron chi connectivity index (χ3n) is 2.15. The van der Waals surface area contributed by atoms with Crippen LogP contribution in [0.2, 0.25) is 0 Å². The molecule has 0 bridgehead atoms. The Morgan fingerprint density at radius 2 is 2.00 bits per heavy atom. The van der Waals surface area contributed by atoms with E-state index in [-0.39, 0.29) is 23.6 Å². The van der Waals surface area contributed by atoms with Crippen molar-refractivity contribution in [3.63, 3.8) is 0 Å². The van der Waals surface area contributed by atoms with Crippen LogP contribution in [-0.2, 0) is 0 Å². The Bertz CT molecular complexity index is 385. The van der Waals surface area contributed by atoms with Crippen molar-refractivity contribution < 1.29 is 23.4 Å². The molecule has 3 N–H and O–H groups in total. The molecule has 1 aromatic carbocycles. The van der Waals surface area contributed by atoms with E-state index < -0.39 is 17.7 Å². The summed E-state index contributed by atoms with van der Waals surface area (Å²) in [4.78, 5) is 0. The van der Waals surface area contributed by atoms with Gasteiger partial charge in [0.15, 0.2) is 23.1 Å². The van der Waals surface area contributed by atoms with Gasteiger partial charge in [-0.25, -0.2) is 8.78 Å². The van der Waals surface area contributed by atoms with Crippen molar-refractivity contribution in [3.8, 4) is 11.5 Å². The molecule has 0 saturated heterocycles. The molecule has 6 heteroatoms. The van der Waals surface area contributed by atoms with Crippen LogP contribution >= 0.6 is 0 Å². The summed E-state index contributed by atoms with van der Waals surface area (Å²) in [5.74, 6) is -2.36. The SMILES string of the molecule is COc1cc(F)c(F)c(C(O)CN)c1OC. The van der Waals surface area contributed by atoms with Crippen molar-refractivity contribution in [2.75, 3.05) is 20.8 Å². The van der Waals surface area contributed by atoms with Crippen molar-refractivity contribution in [2.24, 2.45) is 5.73 Å². The fraction of sp³-hybridized carbons (Fsp3) is 0.400. The lowest BCUT2D eigenvalue weighted by Gasteiger charge is -2.17. The Hall–Kier alpha value is -1.40. The molecule has 0 amide bonds. The van der Waals surface area contributed by atoms with Gasteiger partial charge in [-0.1, -0.05) is 0 Å². The summed E-state index contributed by atoms with van der Waals surface area (Å²) in [5.41, 5.74) is 4.87. The number of halogens is 2. The van der Waals surface area contributed by atoms with E-state index in [0.29, 0.717) is 0 Å². The number of methoxy groups -OCH3 is 2. The maximum atomic E-state index is 13.5.